The van der Waals surface area contributed by atoms with E-state index >= 15 is 0 Å². The SMILES string of the molecule is CC1CN(c2ccncc2NC(=O)c2ccc3ccc(N4CCC(c5ccncc5)CC4)cc3n2)CC(N)C1O. The van der Waals surface area contributed by atoms with E-state index in [0.29, 0.717) is 30.4 Å². The second-order valence-corrected chi connectivity index (χ2v) is 11.0. The zero-order valence-corrected chi connectivity index (χ0v) is 22.6. The molecule has 2 aliphatic rings. The van der Waals surface area contributed by atoms with E-state index in [9.17, 15) is 9.90 Å². The first-order valence-electron chi connectivity index (χ1n) is 14.0. The minimum Gasteiger partial charge on any atom is -0.391 e. The molecule has 9 heteroatoms. The van der Waals surface area contributed by atoms with Crippen LogP contribution in [-0.2, 0) is 0 Å². The van der Waals surface area contributed by atoms with Gasteiger partial charge in [0.05, 0.1) is 29.2 Å². The lowest BCUT2D eigenvalue weighted by atomic mass is 9.90. The van der Waals surface area contributed by atoms with Crippen molar-refractivity contribution < 1.29 is 9.90 Å². The number of nitrogens with one attached hydrogen (secondary N) is 1. The molecule has 3 aromatic heterocycles. The van der Waals surface area contributed by atoms with Crippen molar-refractivity contribution in [1.29, 1.82) is 0 Å². The summed E-state index contributed by atoms with van der Waals surface area (Å²) in [6.07, 6.45) is 8.71. The Labute approximate surface area is 234 Å². The monoisotopic (exact) mass is 537 g/mol. The van der Waals surface area contributed by atoms with Gasteiger partial charge in [-0.15, -0.1) is 0 Å². The van der Waals surface area contributed by atoms with Crippen molar-refractivity contribution >= 4 is 33.9 Å². The van der Waals surface area contributed by atoms with E-state index in [2.05, 4.69) is 55.4 Å². The molecular weight excluding hydrogens is 502 g/mol. The number of hydrogen-bond acceptors (Lipinski definition) is 8. The van der Waals surface area contributed by atoms with Crippen LogP contribution in [0.1, 0.15) is 41.7 Å². The molecule has 206 valence electrons. The molecule has 5 heterocycles. The molecule has 4 N–H and O–H groups in total. The minimum atomic E-state index is -0.546. The standard InChI is InChI=1S/C31H35N7O2/c1-20-18-38(19-25(32)30(20)39)29-8-13-34-17-28(29)36-31(40)26-5-3-23-2-4-24(16-27(23)35-26)37-14-9-22(10-15-37)21-6-11-33-12-7-21/h2-8,11-13,16-17,20,22,25,30,39H,9-10,14-15,18-19,32H2,1H3,(H,36,40). The summed E-state index contributed by atoms with van der Waals surface area (Å²) in [7, 11) is 0. The third kappa shape index (κ3) is 5.35. The Kier molecular flexibility index (Phi) is 7.32. The number of carbonyl (C=O) groups is 1. The van der Waals surface area contributed by atoms with Crippen LogP contribution < -0.4 is 20.9 Å². The van der Waals surface area contributed by atoms with Crippen LogP contribution in [-0.4, -0.2) is 64.3 Å². The number of hydrogen-bond donors (Lipinski definition) is 3. The average molecular weight is 538 g/mol. The molecule has 2 saturated heterocycles. The van der Waals surface area contributed by atoms with Crippen LogP contribution in [0.4, 0.5) is 17.1 Å². The van der Waals surface area contributed by atoms with Crippen molar-refractivity contribution in [2.24, 2.45) is 11.7 Å². The number of piperidine rings is 2. The normalized spacial score (nSPS) is 21.9. The topological polar surface area (TPSA) is 120 Å². The summed E-state index contributed by atoms with van der Waals surface area (Å²) in [6, 6.07) is 15.7. The molecule has 4 aromatic rings. The summed E-state index contributed by atoms with van der Waals surface area (Å²) in [6.45, 7) is 5.05. The van der Waals surface area contributed by atoms with Crippen LogP contribution in [0.15, 0.2) is 73.3 Å². The van der Waals surface area contributed by atoms with Crippen LogP contribution in [0.2, 0.25) is 0 Å². The first-order valence-corrected chi connectivity index (χ1v) is 14.0. The molecule has 0 bridgehead atoms. The van der Waals surface area contributed by atoms with Gasteiger partial charge in [-0.3, -0.25) is 14.8 Å². The van der Waals surface area contributed by atoms with Gasteiger partial charge in [0.1, 0.15) is 5.69 Å². The number of aromatic nitrogens is 3. The molecule has 9 nitrogen and oxygen atoms in total. The number of anilines is 3. The van der Waals surface area contributed by atoms with E-state index in [1.165, 1.54) is 5.56 Å². The summed E-state index contributed by atoms with van der Waals surface area (Å²) in [5.74, 6) is 0.270. The number of aliphatic hydroxyl groups excluding tert-OH is 1. The zero-order valence-electron chi connectivity index (χ0n) is 22.6. The van der Waals surface area contributed by atoms with Crippen LogP contribution in [0.5, 0.6) is 0 Å². The third-order valence-corrected chi connectivity index (χ3v) is 8.29. The van der Waals surface area contributed by atoms with Gasteiger partial charge in [0.25, 0.3) is 5.91 Å². The van der Waals surface area contributed by atoms with Gasteiger partial charge in [0.2, 0.25) is 0 Å². The van der Waals surface area contributed by atoms with Crippen molar-refractivity contribution in [3.8, 4) is 0 Å². The first-order chi connectivity index (χ1) is 19.5. The number of nitrogens with zero attached hydrogens (tertiary/aromatic N) is 5. The Balaban J connectivity index is 1.17. The lowest BCUT2D eigenvalue weighted by Crippen LogP contribution is -2.55. The second kappa shape index (κ2) is 11.2. The largest absolute Gasteiger partial charge is 0.391 e. The quantitative estimate of drug-likeness (QED) is 0.352. The number of rotatable bonds is 5. The maximum absolute atomic E-state index is 13.3. The molecule has 0 saturated carbocycles. The second-order valence-electron chi connectivity index (χ2n) is 11.0. The Hall–Kier alpha value is -4.08. The van der Waals surface area contributed by atoms with E-state index in [1.807, 2.05) is 31.5 Å². The Bertz CT molecular complexity index is 1480. The molecule has 1 aromatic carbocycles. The summed E-state index contributed by atoms with van der Waals surface area (Å²) in [5.41, 5.74) is 11.2. The number of carbonyl (C=O) groups excluding carboxylic acids is 1. The van der Waals surface area contributed by atoms with Gasteiger partial charge < -0.3 is 26.0 Å². The molecule has 1 amide bonds. The van der Waals surface area contributed by atoms with Crippen molar-refractivity contribution in [3.05, 3.63) is 84.6 Å². The van der Waals surface area contributed by atoms with Gasteiger partial charge in [-0.1, -0.05) is 19.1 Å². The smallest absolute Gasteiger partial charge is 0.274 e. The van der Waals surface area contributed by atoms with Gasteiger partial charge in [0.15, 0.2) is 0 Å². The maximum Gasteiger partial charge on any atom is 0.274 e. The molecular formula is C31H35N7O2. The van der Waals surface area contributed by atoms with Crippen molar-refractivity contribution in [3.63, 3.8) is 0 Å². The van der Waals surface area contributed by atoms with E-state index in [0.717, 1.165) is 48.2 Å². The molecule has 0 aliphatic carbocycles. The molecule has 2 fully saturated rings. The molecule has 3 atom stereocenters. The number of aliphatic hydroxyl groups is 1. The van der Waals surface area contributed by atoms with E-state index in [-0.39, 0.29) is 17.9 Å². The third-order valence-electron chi connectivity index (χ3n) is 8.29. The summed E-state index contributed by atoms with van der Waals surface area (Å²) >= 11 is 0. The van der Waals surface area contributed by atoms with E-state index < -0.39 is 6.10 Å². The van der Waals surface area contributed by atoms with Crippen molar-refractivity contribution in [2.45, 2.75) is 37.8 Å². The van der Waals surface area contributed by atoms with Crippen molar-refractivity contribution in [1.82, 2.24) is 15.0 Å². The van der Waals surface area contributed by atoms with Gasteiger partial charge >= 0.3 is 0 Å². The van der Waals surface area contributed by atoms with Crippen LogP contribution >= 0.6 is 0 Å². The Morgan fingerprint density at radius 2 is 1.73 bits per heavy atom. The Morgan fingerprint density at radius 1 is 0.975 bits per heavy atom. The van der Waals surface area contributed by atoms with Crippen LogP contribution in [0.3, 0.4) is 0 Å². The highest BCUT2D eigenvalue weighted by Gasteiger charge is 2.32. The van der Waals surface area contributed by atoms with E-state index in [4.69, 9.17) is 10.7 Å². The molecule has 2 aliphatic heterocycles. The fraction of sp³-hybridized carbons (Fsp3) is 0.355. The Morgan fingerprint density at radius 3 is 2.50 bits per heavy atom. The highest BCUT2D eigenvalue weighted by molar-refractivity contribution is 6.05. The summed E-state index contributed by atoms with van der Waals surface area (Å²) in [4.78, 5) is 30.9. The lowest BCUT2D eigenvalue weighted by molar-refractivity contribution is 0.0785. The molecule has 0 radical (unpaired) electrons. The fourth-order valence-electron chi connectivity index (χ4n) is 5.99. The average Bonchev–Trinajstić information content (AvgIpc) is 3.00. The predicted octanol–water partition coefficient (Wildman–Crippen LogP) is 3.81. The highest BCUT2D eigenvalue weighted by Crippen LogP contribution is 2.32. The molecule has 6 rings (SSSR count). The fourth-order valence-corrected chi connectivity index (χ4v) is 5.99. The number of fused-ring (bicyclic) bond motifs is 1. The maximum atomic E-state index is 13.3. The molecule has 3 unspecified atom stereocenters. The minimum absolute atomic E-state index is 0.0123. The number of benzene rings is 1. The summed E-state index contributed by atoms with van der Waals surface area (Å²) in [5, 5.41) is 14.3. The van der Waals surface area contributed by atoms with Gasteiger partial charge in [-0.25, -0.2) is 4.98 Å². The predicted molar refractivity (Wildman–Crippen MR) is 158 cm³/mol. The molecule has 40 heavy (non-hydrogen) atoms. The van der Waals surface area contributed by atoms with Crippen LogP contribution in [0.25, 0.3) is 10.9 Å². The number of pyridine rings is 3. The van der Waals surface area contributed by atoms with Crippen LogP contribution in [0, 0.1) is 5.92 Å². The van der Waals surface area contributed by atoms with Crippen molar-refractivity contribution in [2.75, 3.05) is 41.3 Å². The van der Waals surface area contributed by atoms with E-state index in [1.54, 1.807) is 18.5 Å². The van der Waals surface area contributed by atoms with Gasteiger partial charge in [-0.2, -0.15) is 0 Å². The highest BCUT2D eigenvalue weighted by atomic mass is 16.3. The number of amides is 1. The summed E-state index contributed by atoms with van der Waals surface area (Å²) < 4.78 is 0. The zero-order chi connectivity index (χ0) is 27.6. The molecule has 0 spiro atoms. The number of nitrogens with two attached hydrogens (primary N) is 1. The lowest BCUT2D eigenvalue weighted by Gasteiger charge is -2.40. The van der Waals surface area contributed by atoms with Gasteiger partial charge in [-0.05, 0) is 60.7 Å². The first kappa shape index (κ1) is 26.2. The van der Waals surface area contributed by atoms with Gasteiger partial charge in [0, 0.05) is 67.8 Å².